The fraction of sp³-hybridized carbons (Fsp3) is 0.0833. The largest absolute Gasteiger partial charge is 0.488 e. The second kappa shape index (κ2) is 8.30. The van der Waals surface area contributed by atoms with Gasteiger partial charge in [-0.15, -0.1) is 0 Å². The monoisotopic (exact) mass is 369 g/mol. The third-order valence-electron chi connectivity index (χ3n) is 4.79. The second-order valence-electron chi connectivity index (χ2n) is 6.51. The van der Waals surface area contributed by atoms with Crippen LogP contribution in [-0.2, 0) is 0 Å². The molecule has 0 atom stereocenters. The highest BCUT2D eigenvalue weighted by atomic mass is 16.4. The van der Waals surface area contributed by atoms with Crippen LogP contribution in [0.3, 0.4) is 0 Å². The van der Waals surface area contributed by atoms with Gasteiger partial charge in [-0.3, -0.25) is 0 Å². The number of benzene rings is 2. The van der Waals surface area contributed by atoms with Gasteiger partial charge in [-0.25, -0.2) is 0 Å². The van der Waals surface area contributed by atoms with Gasteiger partial charge in [-0.2, -0.15) is 0 Å². The van der Waals surface area contributed by atoms with E-state index >= 15 is 0 Å². The first-order chi connectivity index (χ1) is 13.5. The molecule has 3 aromatic rings. The highest BCUT2D eigenvalue weighted by Gasteiger charge is 2.18. The van der Waals surface area contributed by atoms with E-state index in [0.29, 0.717) is 5.46 Å². The fourth-order valence-corrected chi connectivity index (χ4v) is 3.55. The molecule has 1 aromatic heterocycles. The first kappa shape index (κ1) is 19.7. The summed E-state index contributed by atoms with van der Waals surface area (Å²) in [5.41, 5.74) is 6.55. The van der Waals surface area contributed by atoms with Gasteiger partial charge < -0.3 is 14.6 Å². The third kappa shape index (κ3) is 3.40. The average molecular weight is 369 g/mol. The SMILES string of the molecule is C=Cc1ccc(-n2c(C=C)c(/C=C\C)c3cc(B(O)O)ccc32)cc1/C=C\C. The zero-order chi connectivity index (χ0) is 20.3. The predicted octanol–water partition coefficient (Wildman–Crippen LogP) is 4.66. The van der Waals surface area contributed by atoms with E-state index < -0.39 is 7.12 Å². The maximum absolute atomic E-state index is 9.60. The minimum Gasteiger partial charge on any atom is -0.423 e. The Morgan fingerprint density at radius 3 is 2.25 bits per heavy atom. The van der Waals surface area contributed by atoms with Gasteiger partial charge in [0, 0.05) is 16.6 Å². The van der Waals surface area contributed by atoms with E-state index in [1.54, 1.807) is 6.07 Å². The van der Waals surface area contributed by atoms with Crippen molar-refractivity contribution < 1.29 is 10.0 Å². The summed E-state index contributed by atoms with van der Waals surface area (Å²) in [4.78, 5) is 0. The third-order valence-corrected chi connectivity index (χ3v) is 4.79. The van der Waals surface area contributed by atoms with Gasteiger partial charge in [0.25, 0.3) is 0 Å². The molecule has 0 saturated heterocycles. The Morgan fingerprint density at radius 1 is 0.893 bits per heavy atom. The van der Waals surface area contributed by atoms with Gasteiger partial charge in [0.2, 0.25) is 0 Å². The molecule has 0 saturated carbocycles. The number of allylic oxidation sites excluding steroid dienone is 2. The summed E-state index contributed by atoms with van der Waals surface area (Å²) in [5, 5.41) is 20.1. The summed E-state index contributed by atoms with van der Waals surface area (Å²) in [5.74, 6) is 0. The molecule has 28 heavy (non-hydrogen) atoms. The van der Waals surface area contributed by atoms with E-state index in [4.69, 9.17) is 0 Å². The maximum Gasteiger partial charge on any atom is 0.488 e. The maximum atomic E-state index is 9.60. The predicted molar refractivity (Wildman–Crippen MR) is 123 cm³/mol. The van der Waals surface area contributed by atoms with Gasteiger partial charge >= 0.3 is 7.12 Å². The Bertz CT molecular complexity index is 1100. The van der Waals surface area contributed by atoms with Crippen molar-refractivity contribution in [1.82, 2.24) is 4.57 Å². The van der Waals surface area contributed by atoms with Crippen LogP contribution in [0.15, 0.2) is 61.7 Å². The molecule has 0 aliphatic carbocycles. The normalized spacial score (nSPS) is 11.6. The molecule has 0 spiro atoms. The van der Waals surface area contributed by atoms with Crippen molar-refractivity contribution in [2.75, 3.05) is 0 Å². The first-order valence-corrected chi connectivity index (χ1v) is 9.24. The molecule has 0 bridgehead atoms. The van der Waals surface area contributed by atoms with Crippen molar-refractivity contribution in [1.29, 1.82) is 0 Å². The molecule has 2 aromatic carbocycles. The van der Waals surface area contributed by atoms with Gasteiger partial charge in [0.15, 0.2) is 0 Å². The molecule has 0 radical (unpaired) electrons. The number of hydrogen-bond acceptors (Lipinski definition) is 2. The van der Waals surface area contributed by atoms with Crippen LogP contribution in [0, 0.1) is 0 Å². The molecular weight excluding hydrogens is 345 g/mol. The molecule has 0 aliphatic heterocycles. The van der Waals surface area contributed by atoms with E-state index in [0.717, 1.165) is 39.0 Å². The lowest BCUT2D eigenvalue weighted by Crippen LogP contribution is -2.29. The topological polar surface area (TPSA) is 45.4 Å². The molecule has 1 heterocycles. The van der Waals surface area contributed by atoms with Crippen molar-refractivity contribution in [3.63, 3.8) is 0 Å². The fourth-order valence-electron chi connectivity index (χ4n) is 3.55. The van der Waals surface area contributed by atoms with E-state index in [-0.39, 0.29) is 0 Å². The minimum atomic E-state index is -1.51. The average Bonchev–Trinajstić information content (AvgIpc) is 3.01. The van der Waals surface area contributed by atoms with Crippen molar-refractivity contribution in [2.45, 2.75) is 13.8 Å². The van der Waals surface area contributed by atoms with E-state index in [9.17, 15) is 10.0 Å². The first-order valence-electron chi connectivity index (χ1n) is 9.24. The molecule has 140 valence electrons. The van der Waals surface area contributed by atoms with Crippen LogP contribution in [0.25, 0.3) is 40.9 Å². The van der Waals surface area contributed by atoms with Crippen LogP contribution in [-0.4, -0.2) is 21.7 Å². The summed E-state index contributed by atoms with van der Waals surface area (Å²) < 4.78 is 2.14. The smallest absolute Gasteiger partial charge is 0.423 e. The minimum absolute atomic E-state index is 0.461. The molecule has 0 unspecified atom stereocenters. The standard InChI is InChI=1S/C24H24BNO2/c1-5-9-18-15-20(13-11-17(18)7-3)26-23(8-4)21(10-6-2)22-16-19(25(27)28)12-14-24(22)26/h5-16,27-28H,3-4H2,1-2H3/b9-5-,10-6-. The summed E-state index contributed by atoms with van der Waals surface area (Å²) in [6.45, 7) is 11.9. The lowest BCUT2D eigenvalue weighted by Gasteiger charge is -2.12. The number of fused-ring (bicyclic) bond motifs is 1. The van der Waals surface area contributed by atoms with Crippen LogP contribution in [0.1, 0.15) is 36.2 Å². The number of hydrogen-bond donors (Lipinski definition) is 2. The Hall–Kier alpha value is -3.08. The van der Waals surface area contributed by atoms with Gasteiger partial charge in [-0.1, -0.05) is 61.7 Å². The quantitative estimate of drug-likeness (QED) is 0.621. The van der Waals surface area contributed by atoms with Crippen molar-refractivity contribution in [3.05, 3.63) is 84.1 Å². The van der Waals surface area contributed by atoms with Crippen LogP contribution in [0.2, 0.25) is 0 Å². The van der Waals surface area contributed by atoms with Crippen LogP contribution in [0.4, 0.5) is 0 Å². The summed E-state index contributed by atoms with van der Waals surface area (Å²) >= 11 is 0. The zero-order valence-electron chi connectivity index (χ0n) is 16.3. The van der Waals surface area contributed by atoms with Crippen LogP contribution < -0.4 is 5.46 Å². The molecule has 3 nitrogen and oxygen atoms in total. The van der Waals surface area contributed by atoms with E-state index in [1.165, 1.54) is 0 Å². The van der Waals surface area contributed by atoms with Gasteiger partial charge in [-0.05, 0) is 54.7 Å². The summed E-state index contributed by atoms with van der Waals surface area (Å²) in [6, 6.07) is 11.7. The molecular formula is C24H24BNO2. The number of nitrogens with zero attached hydrogens (tertiary/aromatic N) is 1. The number of aromatic nitrogens is 1. The zero-order valence-corrected chi connectivity index (χ0v) is 16.3. The summed E-state index contributed by atoms with van der Waals surface area (Å²) in [7, 11) is -1.51. The molecule has 0 aliphatic rings. The van der Waals surface area contributed by atoms with Crippen molar-refractivity contribution in [2.24, 2.45) is 0 Å². The Labute approximate surface area is 166 Å². The molecule has 2 N–H and O–H groups in total. The Morgan fingerprint density at radius 2 is 1.64 bits per heavy atom. The lowest BCUT2D eigenvalue weighted by atomic mass is 9.79. The molecule has 0 fully saturated rings. The highest BCUT2D eigenvalue weighted by Crippen LogP contribution is 2.32. The van der Waals surface area contributed by atoms with Crippen molar-refractivity contribution >= 4 is 47.8 Å². The van der Waals surface area contributed by atoms with E-state index in [1.807, 2.05) is 56.4 Å². The van der Waals surface area contributed by atoms with Crippen LogP contribution >= 0.6 is 0 Å². The van der Waals surface area contributed by atoms with Crippen LogP contribution in [0.5, 0.6) is 0 Å². The molecule has 4 heteroatoms. The molecule has 3 rings (SSSR count). The Balaban J connectivity index is 2.39. The van der Waals surface area contributed by atoms with Gasteiger partial charge in [0.1, 0.15) is 0 Å². The van der Waals surface area contributed by atoms with E-state index in [2.05, 4.69) is 42.0 Å². The van der Waals surface area contributed by atoms with Gasteiger partial charge in [0.05, 0.1) is 11.2 Å². The second-order valence-corrected chi connectivity index (χ2v) is 6.51. The van der Waals surface area contributed by atoms with Crippen molar-refractivity contribution in [3.8, 4) is 5.69 Å². The lowest BCUT2D eigenvalue weighted by molar-refractivity contribution is 0.426. The summed E-state index contributed by atoms with van der Waals surface area (Å²) in [6.07, 6.45) is 11.7. The number of rotatable bonds is 6. The molecule has 0 amide bonds. The highest BCUT2D eigenvalue weighted by molar-refractivity contribution is 6.59. The Kier molecular flexibility index (Phi) is 5.83.